The van der Waals surface area contributed by atoms with Crippen molar-refractivity contribution in [1.29, 1.82) is 0 Å². The minimum absolute atomic E-state index is 0. The van der Waals surface area contributed by atoms with Gasteiger partial charge >= 0.3 is 0 Å². The summed E-state index contributed by atoms with van der Waals surface area (Å²) in [5.41, 5.74) is 2.00. The highest BCUT2D eigenvalue weighted by Gasteiger charge is 2.09. The molecule has 0 radical (unpaired) electrons. The molecule has 6 heteroatoms. The van der Waals surface area contributed by atoms with Gasteiger partial charge in [-0.3, -0.25) is 0 Å². The fourth-order valence-corrected chi connectivity index (χ4v) is 2.03. The molecule has 1 atom stereocenters. The molecule has 132 valence electrons. The zero-order valence-corrected chi connectivity index (χ0v) is 17.2. The second kappa shape index (κ2) is 10.3. The second-order valence-electron chi connectivity index (χ2n) is 5.96. The summed E-state index contributed by atoms with van der Waals surface area (Å²) in [4.78, 5) is 4.63. The van der Waals surface area contributed by atoms with E-state index in [1.165, 1.54) is 0 Å². The summed E-state index contributed by atoms with van der Waals surface area (Å²) >= 11 is 0. The van der Waals surface area contributed by atoms with E-state index < -0.39 is 0 Å². The van der Waals surface area contributed by atoms with Crippen molar-refractivity contribution in [3.63, 3.8) is 0 Å². The van der Waals surface area contributed by atoms with Gasteiger partial charge in [-0.25, -0.2) is 9.67 Å². The SMILES string of the molecule is CCNC(=NCc1ccn(-c2ccccc2)n1)NC(C)C(C)C.I. The van der Waals surface area contributed by atoms with Crippen LogP contribution in [0, 0.1) is 5.92 Å². The van der Waals surface area contributed by atoms with Crippen LogP contribution >= 0.6 is 24.0 Å². The van der Waals surface area contributed by atoms with Gasteiger partial charge in [0, 0.05) is 18.8 Å². The van der Waals surface area contributed by atoms with E-state index in [0.29, 0.717) is 18.5 Å². The number of rotatable bonds is 6. The zero-order valence-electron chi connectivity index (χ0n) is 14.9. The van der Waals surface area contributed by atoms with Gasteiger partial charge in [0.25, 0.3) is 0 Å². The first kappa shape index (κ1) is 20.5. The Hall–Kier alpha value is -1.57. The van der Waals surface area contributed by atoms with Crippen molar-refractivity contribution in [2.24, 2.45) is 10.9 Å². The van der Waals surface area contributed by atoms with E-state index >= 15 is 0 Å². The van der Waals surface area contributed by atoms with Crippen LogP contribution in [-0.4, -0.2) is 28.3 Å². The third-order valence-electron chi connectivity index (χ3n) is 3.77. The molecule has 0 saturated carbocycles. The van der Waals surface area contributed by atoms with Crippen molar-refractivity contribution >= 4 is 29.9 Å². The number of aromatic nitrogens is 2. The second-order valence-corrected chi connectivity index (χ2v) is 5.96. The van der Waals surface area contributed by atoms with E-state index in [1.54, 1.807) is 0 Å². The molecule has 0 spiro atoms. The number of hydrogen-bond donors (Lipinski definition) is 2. The van der Waals surface area contributed by atoms with Crippen molar-refractivity contribution in [2.45, 2.75) is 40.3 Å². The molecule has 1 unspecified atom stereocenters. The number of hydrogen-bond acceptors (Lipinski definition) is 2. The van der Waals surface area contributed by atoms with Crippen LogP contribution in [0.25, 0.3) is 5.69 Å². The smallest absolute Gasteiger partial charge is 0.191 e. The summed E-state index contributed by atoms with van der Waals surface area (Å²) in [6.45, 7) is 10.0. The van der Waals surface area contributed by atoms with Crippen molar-refractivity contribution in [2.75, 3.05) is 6.54 Å². The number of para-hydroxylation sites is 1. The zero-order chi connectivity index (χ0) is 16.7. The van der Waals surface area contributed by atoms with E-state index in [1.807, 2.05) is 47.3 Å². The molecule has 0 aliphatic carbocycles. The average molecular weight is 441 g/mol. The lowest BCUT2D eigenvalue weighted by molar-refractivity contribution is 0.481. The Balaban J connectivity index is 0.00000288. The van der Waals surface area contributed by atoms with Gasteiger partial charge in [0.05, 0.1) is 17.9 Å². The highest BCUT2D eigenvalue weighted by Crippen LogP contribution is 2.07. The monoisotopic (exact) mass is 441 g/mol. The molecule has 2 aromatic rings. The topological polar surface area (TPSA) is 54.2 Å². The quantitative estimate of drug-likeness (QED) is 0.409. The fourth-order valence-electron chi connectivity index (χ4n) is 2.03. The van der Waals surface area contributed by atoms with Crippen LogP contribution in [0.4, 0.5) is 0 Å². The van der Waals surface area contributed by atoms with E-state index in [0.717, 1.165) is 23.9 Å². The van der Waals surface area contributed by atoms with E-state index in [2.05, 4.69) is 48.4 Å². The number of nitrogens with zero attached hydrogens (tertiary/aromatic N) is 3. The lowest BCUT2D eigenvalue weighted by Gasteiger charge is -2.20. The fraction of sp³-hybridized carbons (Fsp3) is 0.444. The first-order valence-electron chi connectivity index (χ1n) is 8.25. The van der Waals surface area contributed by atoms with Gasteiger partial charge in [-0.05, 0) is 38.0 Å². The third kappa shape index (κ3) is 6.14. The average Bonchev–Trinajstić information content (AvgIpc) is 3.02. The first-order chi connectivity index (χ1) is 11.1. The predicted molar refractivity (Wildman–Crippen MR) is 111 cm³/mol. The Morgan fingerprint density at radius 3 is 2.50 bits per heavy atom. The lowest BCUT2D eigenvalue weighted by atomic mass is 10.1. The molecular formula is C18H28IN5. The summed E-state index contributed by atoms with van der Waals surface area (Å²) in [7, 11) is 0. The van der Waals surface area contributed by atoms with Crippen LogP contribution in [0.3, 0.4) is 0 Å². The molecule has 0 aliphatic rings. The maximum atomic E-state index is 4.63. The van der Waals surface area contributed by atoms with E-state index in [4.69, 9.17) is 0 Å². The molecule has 24 heavy (non-hydrogen) atoms. The Bertz CT molecular complexity index is 621. The van der Waals surface area contributed by atoms with Crippen molar-refractivity contribution in [1.82, 2.24) is 20.4 Å². The summed E-state index contributed by atoms with van der Waals surface area (Å²) in [5, 5.41) is 11.3. The highest BCUT2D eigenvalue weighted by molar-refractivity contribution is 14.0. The van der Waals surface area contributed by atoms with Crippen LogP contribution in [0.5, 0.6) is 0 Å². The lowest BCUT2D eigenvalue weighted by Crippen LogP contribution is -2.44. The number of benzene rings is 1. The molecule has 5 nitrogen and oxygen atoms in total. The molecule has 1 aromatic carbocycles. The van der Waals surface area contributed by atoms with Gasteiger partial charge in [0.1, 0.15) is 0 Å². The molecule has 1 heterocycles. The van der Waals surface area contributed by atoms with Gasteiger partial charge < -0.3 is 10.6 Å². The summed E-state index contributed by atoms with van der Waals surface area (Å²) < 4.78 is 1.88. The van der Waals surface area contributed by atoms with Crippen LogP contribution in [0.2, 0.25) is 0 Å². The summed E-state index contributed by atoms with van der Waals surface area (Å²) in [6, 6.07) is 12.5. The molecule has 0 amide bonds. The Kier molecular flexibility index (Phi) is 8.81. The number of guanidine groups is 1. The summed E-state index contributed by atoms with van der Waals surface area (Å²) in [5.74, 6) is 1.39. The first-order valence-corrected chi connectivity index (χ1v) is 8.25. The summed E-state index contributed by atoms with van der Waals surface area (Å²) in [6.07, 6.45) is 1.97. The molecule has 1 aromatic heterocycles. The number of nitrogens with one attached hydrogen (secondary N) is 2. The largest absolute Gasteiger partial charge is 0.357 e. The Labute approximate surface area is 162 Å². The van der Waals surface area contributed by atoms with Crippen LogP contribution < -0.4 is 10.6 Å². The number of halogens is 1. The van der Waals surface area contributed by atoms with Crippen molar-refractivity contribution in [3.05, 3.63) is 48.3 Å². The number of aliphatic imine (C=N–C) groups is 1. The molecule has 2 N–H and O–H groups in total. The normalized spacial score (nSPS) is 12.6. The Morgan fingerprint density at radius 2 is 1.88 bits per heavy atom. The van der Waals surface area contributed by atoms with Gasteiger partial charge in [-0.2, -0.15) is 5.10 Å². The Morgan fingerprint density at radius 1 is 1.17 bits per heavy atom. The van der Waals surface area contributed by atoms with Crippen molar-refractivity contribution < 1.29 is 0 Å². The van der Waals surface area contributed by atoms with E-state index in [9.17, 15) is 0 Å². The van der Waals surface area contributed by atoms with Crippen molar-refractivity contribution in [3.8, 4) is 5.69 Å². The van der Waals surface area contributed by atoms with Crippen LogP contribution in [0.1, 0.15) is 33.4 Å². The molecule has 0 aliphatic heterocycles. The third-order valence-corrected chi connectivity index (χ3v) is 3.77. The maximum absolute atomic E-state index is 4.63. The molecule has 0 saturated heterocycles. The van der Waals surface area contributed by atoms with Gasteiger partial charge in [0.15, 0.2) is 5.96 Å². The molecular weight excluding hydrogens is 413 g/mol. The van der Waals surface area contributed by atoms with Crippen LogP contribution in [0.15, 0.2) is 47.6 Å². The van der Waals surface area contributed by atoms with Gasteiger partial charge in [-0.15, -0.1) is 24.0 Å². The molecule has 2 rings (SSSR count). The minimum atomic E-state index is 0. The minimum Gasteiger partial charge on any atom is -0.357 e. The van der Waals surface area contributed by atoms with E-state index in [-0.39, 0.29) is 24.0 Å². The standard InChI is InChI=1S/C18H27N5.HI/c1-5-19-18(21-15(4)14(2)3)20-13-16-11-12-23(22-16)17-9-7-6-8-10-17;/h6-12,14-15H,5,13H2,1-4H3,(H2,19,20,21);1H. The van der Waals surface area contributed by atoms with Gasteiger partial charge in [-0.1, -0.05) is 32.0 Å². The molecule has 0 bridgehead atoms. The maximum Gasteiger partial charge on any atom is 0.191 e. The van der Waals surface area contributed by atoms with Gasteiger partial charge in [0.2, 0.25) is 0 Å². The highest BCUT2D eigenvalue weighted by atomic mass is 127. The molecule has 0 fully saturated rings. The predicted octanol–water partition coefficient (Wildman–Crippen LogP) is 3.59. The van der Waals surface area contributed by atoms with Crippen LogP contribution in [-0.2, 0) is 6.54 Å².